The van der Waals surface area contributed by atoms with Crippen LogP contribution in [0.4, 0.5) is 11.4 Å². The van der Waals surface area contributed by atoms with Gasteiger partial charge in [0.2, 0.25) is 0 Å². The van der Waals surface area contributed by atoms with Crippen molar-refractivity contribution in [3.8, 4) is 0 Å². The molecule has 1 aliphatic rings. The summed E-state index contributed by atoms with van der Waals surface area (Å²) in [6.07, 6.45) is 1.90. The number of nitrogens with zero attached hydrogens (tertiary/aromatic N) is 2. The summed E-state index contributed by atoms with van der Waals surface area (Å²) in [4.78, 5) is 12.9. The summed E-state index contributed by atoms with van der Waals surface area (Å²) in [7, 11) is 0. The molecule has 29 heavy (non-hydrogen) atoms. The van der Waals surface area contributed by atoms with Crippen LogP contribution in [-0.2, 0) is 17.8 Å². The lowest BCUT2D eigenvalue weighted by Gasteiger charge is -2.54. The SMILES string of the molecule is O=[N+]([O-])c1ccc(N2CCC2(COCc2ccccc2)Cc2ccccc2)cc1. The molecule has 1 aliphatic heterocycles. The summed E-state index contributed by atoms with van der Waals surface area (Å²) >= 11 is 0. The van der Waals surface area contributed by atoms with E-state index in [0.717, 1.165) is 30.6 Å². The summed E-state index contributed by atoms with van der Waals surface area (Å²) in [5.74, 6) is 0. The molecule has 0 N–H and O–H groups in total. The van der Waals surface area contributed by atoms with Crippen LogP contribution in [0.15, 0.2) is 84.9 Å². The van der Waals surface area contributed by atoms with Gasteiger partial charge in [-0.15, -0.1) is 0 Å². The summed E-state index contributed by atoms with van der Waals surface area (Å²) in [6, 6.07) is 27.4. The molecule has 3 aromatic carbocycles. The second kappa shape index (κ2) is 8.45. The molecule has 148 valence electrons. The van der Waals surface area contributed by atoms with Crippen molar-refractivity contribution in [3.63, 3.8) is 0 Å². The molecule has 1 saturated heterocycles. The van der Waals surface area contributed by atoms with Crippen molar-refractivity contribution in [3.05, 3.63) is 106 Å². The highest BCUT2D eigenvalue weighted by atomic mass is 16.6. The van der Waals surface area contributed by atoms with Crippen LogP contribution in [0, 0.1) is 10.1 Å². The Morgan fingerprint density at radius 3 is 2.07 bits per heavy atom. The Labute approximate surface area is 170 Å². The van der Waals surface area contributed by atoms with Gasteiger partial charge in [-0.25, -0.2) is 0 Å². The molecule has 1 unspecified atom stereocenters. The fraction of sp³-hybridized carbons (Fsp3) is 0.250. The number of nitro benzene ring substituents is 1. The van der Waals surface area contributed by atoms with E-state index in [1.54, 1.807) is 12.1 Å². The highest BCUT2D eigenvalue weighted by molar-refractivity contribution is 5.56. The number of hydrogen-bond acceptors (Lipinski definition) is 4. The molecule has 0 aliphatic carbocycles. The molecular formula is C24H24N2O3. The van der Waals surface area contributed by atoms with Crippen LogP contribution >= 0.6 is 0 Å². The second-order valence-corrected chi connectivity index (χ2v) is 7.54. The van der Waals surface area contributed by atoms with E-state index in [1.807, 2.05) is 36.4 Å². The standard InChI is InChI=1S/C24H24N2O3/c27-26(28)23-13-11-22(12-14-23)25-16-15-24(25,17-20-7-3-1-4-8-20)19-29-18-21-9-5-2-6-10-21/h1-14H,15-19H2. The normalized spacial score (nSPS) is 18.3. The first-order chi connectivity index (χ1) is 14.2. The van der Waals surface area contributed by atoms with Crippen molar-refractivity contribution in [1.82, 2.24) is 0 Å². The largest absolute Gasteiger partial charge is 0.374 e. The van der Waals surface area contributed by atoms with Crippen molar-refractivity contribution < 1.29 is 9.66 Å². The van der Waals surface area contributed by atoms with Gasteiger partial charge in [-0.2, -0.15) is 0 Å². The Hall–Kier alpha value is -3.18. The molecule has 1 heterocycles. The maximum absolute atomic E-state index is 11.0. The lowest BCUT2D eigenvalue weighted by atomic mass is 9.79. The molecular weight excluding hydrogens is 364 g/mol. The molecule has 0 radical (unpaired) electrons. The van der Waals surface area contributed by atoms with Gasteiger partial charge < -0.3 is 9.64 Å². The summed E-state index contributed by atoms with van der Waals surface area (Å²) in [5, 5.41) is 11.0. The van der Waals surface area contributed by atoms with Crippen LogP contribution in [-0.4, -0.2) is 23.6 Å². The minimum Gasteiger partial charge on any atom is -0.374 e. The van der Waals surface area contributed by atoms with Gasteiger partial charge in [-0.3, -0.25) is 10.1 Å². The number of benzene rings is 3. The van der Waals surface area contributed by atoms with Crippen LogP contribution in [0.2, 0.25) is 0 Å². The molecule has 0 amide bonds. The van der Waals surface area contributed by atoms with Gasteiger partial charge in [-0.1, -0.05) is 60.7 Å². The predicted molar refractivity (Wildman–Crippen MR) is 114 cm³/mol. The molecule has 5 heteroatoms. The van der Waals surface area contributed by atoms with Gasteiger partial charge in [0.15, 0.2) is 0 Å². The molecule has 0 bridgehead atoms. The number of rotatable bonds is 8. The molecule has 3 aromatic rings. The number of ether oxygens (including phenoxy) is 1. The number of anilines is 1. The van der Waals surface area contributed by atoms with Crippen LogP contribution in [0.3, 0.4) is 0 Å². The summed E-state index contributed by atoms with van der Waals surface area (Å²) in [5.41, 5.74) is 3.39. The first-order valence-corrected chi connectivity index (χ1v) is 9.84. The minimum atomic E-state index is -0.361. The van der Waals surface area contributed by atoms with Crippen LogP contribution in [0.5, 0.6) is 0 Å². The van der Waals surface area contributed by atoms with Crippen molar-refractivity contribution in [2.45, 2.75) is 25.0 Å². The van der Waals surface area contributed by atoms with Crippen LogP contribution < -0.4 is 4.90 Å². The third kappa shape index (κ3) is 4.30. The molecule has 4 rings (SSSR count). The van der Waals surface area contributed by atoms with Gasteiger partial charge in [-0.05, 0) is 36.1 Å². The molecule has 0 saturated carbocycles. The summed E-state index contributed by atoms with van der Waals surface area (Å²) in [6.45, 7) is 2.10. The fourth-order valence-corrected chi connectivity index (χ4v) is 3.99. The topological polar surface area (TPSA) is 55.6 Å². The zero-order valence-corrected chi connectivity index (χ0v) is 16.2. The molecule has 1 fully saturated rings. The van der Waals surface area contributed by atoms with E-state index in [4.69, 9.17) is 4.74 Å². The Balaban J connectivity index is 1.53. The zero-order valence-electron chi connectivity index (χ0n) is 16.2. The van der Waals surface area contributed by atoms with E-state index in [1.165, 1.54) is 5.56 Å². The van der Waals surface area contributed by atoms with Crippen LogP contribution in [0.1, 0.15) is 17.5 Å². The van der Waals surface area contributed by atoms with E-state index in [2.05, 4.69) is 41.3 Å². The van der Waals surface area contributed by atoms with E-state index in [9.17, 15) is 10.1 Å². The first-order valence-electron chi connectivity index (χ1n) is 9.84. The average Bonchev–Trinajstić information content (AvgIpc) is 2.74. The Morgan fingerprint density at radius 2 is 1.52 bits per heavy atom. The van der Waals surface area contributed by atoms with Gasteiger partial charge >= 0.3 is 0 Å². The zero-order chi connectivity index (χ0) is 20.1. The minimum absolute atomic E-state index is 0.114. The molecule has 5 nitrogen and oxygen atoms in total. The van der Waals surface area contributed by atoms with Crippen molar-refractivity contribution in [1.29, 1.82) is 0 Å². The predicted octanol–water partition coefficient (Wildman–Crippen LogP) is 5.00. The molecule has 0 aromatic heterocycles. The molecule has 1 atom stereocenters. The third-order valence-electron chi connectivity index (χ3n) is 5.60. The first kappa shape index (κ1) is 19.2. The smallest absolute Gasteiger partial charge is 0.269 e. The highest BCUT2D eigenvalue weighted by Gasteiger charge is 2.45. The Morgan fingerprint density at radius 1 is 0.897 bits per heavy atom. The fourth-order valence-electron chi connectivity index (χ4n) is 3.99. The number of hydrogen-bond donors (Lipinski definition) is 0. The van der Waals surface area contributed by atoms with Crippen molar-refractivity contribution in [2.24, 2.45) is 0 Å². The lowest BCUT2D eigenvalue weighted by Crippen LogP contribution is -2.64. The number of nitro groups is 1. The van der Waals surface area contributed by atoms with Crippen molar-refractivity contribution in [2.75, 3.05) is 18.1 Å². The Bertz CT molecular complexity index is 945. The Kier molecular flexibility index (Phi) is 5.58. The van der Waals surface area contributed by atoms with Crippen LogP contribution in [0.25, 0.3) is 0 Å². The van der Waals surface area contributed by atoms with Crippen molar-refractivity contribution >= 4 is 11.4 Å². The van der Waals surface area contributed by atoms with E-state index >= 15 is 0 Å². The van der Waals surface area contributed by atoms with Gasteiger partial charge in [0, 0.05) is 24.4 Å². The van der Waals surface area contributed by atoms with E-state index in [0.29, 0.717) is 13.2 Å². The van der Waals surface area contributed by atoms with E-state index < -0.39 is 0 Å². The molecule has 0 spiro atoms. The summed E-state index contributed by atoms with van der Waals surface area (Å²) < 4.78 is 6.16. The third-order valence-corrected chi connectivity index (χ3v) is 5.60. The number of non-ortho nitro benzene ring substituents is 1. The van der Waals surface area contributed by atoms with E-state index in [-0.39, 0.29) is 16.1 Å². The van der Waals surface area contributed by atoms with Gasteiger partial charge in [0.05, 0.1) is 23.7 Å². The van der Waals surface area contributed by atoms with Gasteiger partial charge in [0.1, 0.15) is 0 Å². The quantitative estimate of drug-likeness (QED) is 0.402. The lowest BCUT2D eigenvalue weighted by molar-refractivity contribution is -0.384. The highest BCUT2D eigenvalue weighted by Crippen LogP contribution is 2.39. The maximum atomic E-state index is 11.0. The average molecular weight is 388 g/mol. The second-order valence-electron chi connectivity index (χ2n) is 7.54. The maximum Gasteiger partial charge on any atom is 0.269 e. The monoisotopic (exact) mass is 388 g/mol. The van der Waals surface area contributed by atoms with Gasteiger partial charge in [0.25, 0.3) is 5.69 Å².